The molecule has 0 amide bonds. The first-order valence-corrected chi connectivity index (χ1v) is 13.0. The number of aromatic nitrogens is 1. The SMILES string of the molecule is CC1C=C(COP(=O)(O)C(C)C)C=CC1CC(C)P(=O)(O)OCc1cccnc1. The van der Waals surface area contributed by atoms with E-state index in [0.717, 1.165) is 11.1 Å². The molecule has 0 radical (unpaired) electrons. The van der Waals surface area contributed by atoms with E-state index in [1.165, 1.54) is 0 Å². The normalized spacial score (nSPS) is 24.6. The van der Waals surface area contributed by atoms with Crippen molar-refractivity contribution in [1.29, 1.82) is 0 Å². The summed E-state index contributed by atoms with van der Waals surface area (Å²) in [6.07, 6.45) is 9.55. The third-order valence-corrected chi connectivity index (χ3v) is 8.72. The van der Waals surface area contributed by atoms with Gasteiger partial charge in [-0.2, -0.15) is 0 Å². The van der Waals surface area contributed by atoms with E-state index in [1.54, 1.807) is 45.3 Å². The summed E-state index contributed by atoms with van der Waals surface area (Å²) < 4.78 is 35.1. The van der Waals surface area contributed by atoms with Gasteiger partial charge in [-0.05, 0) is 35.5 Å². The van der Waals surface area contributed by atoms with E-state index in [-0.39, 0.29) is 25.0 Å². The molecule has 0 aromatic carbocycles. The van der Waals surface area contributed by atoms with Gasteiger partial charge >= 0.3 is 15.2 Å². The predicted molar refractivity (Wildman–Crippen MR) is 114 cm³/mol. The van der Waals surface area contributed by atoms with Crippen molar-refractivity contribution in [2.75, 3.05) is 6.61 Å². The van der Waals surface area contributed by atoms with E-state index in [0.29, 0.717) is 6.42 Å². The van der Waals surface area contributed by atoms with E-state index < -0.39 is 26.5 Å². The van der Waals surface area contributed by atoms with Crippen molar-refractivity contribution in [1.82, 2.24) is 4.98 Å². The summed E-state index contributed by atoms with van der Waals surface area (Å²) in [7, 11) is -7.39. The highest BCUT2D eigenvalue weighted by atomic mass is 31.2. The van der Waals surface area contributed by atoms with Gasteiger partial charge in [0, 0.05) is 12.4 Å². The molecule has 5 unspecified atom stereocenters. The minimum atomic E-state index is -3.78. The largest absolute Gasteiger partial charge is 0.331 e. The molecule has 7 nitrogen and oxygen atoms in total. The molecule has 2 rings (SSSR count). The van der Waals surface area contributed by atoms with Gasteiger partial charge in [0.05, 0.1) is 24.5 Å². The highest BCUT2D eigenvalue weighted by Gasteiger charge is 2.32. The van der Waals surface area contributed by atoms with Crippen molar-refractivity contribution >= 4 is 15.2 Å². The van der Waals surface area contributed by atoms with Crippen LogP contribution in [0.1, 0.15) is 39.7 Å². The Balaban J connectivity index is 1.88. The summed E-state index contributed by atoms with van der Waals surface area (Å²) in [6, 6.07) is 3.55. The van der Waals surface area contributed by atoms with Crippen molar-refractivity contribution in [2.45, 2.75) is 52.0 Å². The molecular weight excluding hydrogens is 412 g/mol. The molecule has 1 aromatic heterocycles. The van der Waals surface area contributed by atoms with Crippen molar-refractivity contribution < 1.29 is 28.0 Å². The zero-order chi connectivity index (χ0) is 21.7. The fraction of sp³-hybridized carbons (Fsp3) is 0.550. The lowest BCUT2D eigenvalue weighted by molar-refractivity contribution is 0.238. The molecule has 1 heterocycles. The number of allylic oxidation sites excluding steroid dienone is 2. The molecule has 0 spiro atoms. The topological polar surface area (TPSA) is 106 Å². The second-order valence-electron chi connectivity index (χ2n) is 7.84. The van der Waals surface area contributed by atoms with Crippen LogP contribution in [0.4, 0.5) is 0 Å². The van der Waals surface area contributed by atoms with Gasteiger partial charge in [0.2, 0.25) is 0 Å². The van der Waals surface area contributed by atoms with Gasteiger partial charge in [-0.25, -0.2) is 0 Å². The lowest BCUT2D eigenvalue weighted by Crippen LogP contribution is -2.19. The average Bonchev–Trinajstić information content (AvgIpc) is 2.67. The number of nitrogens with zero attached hydrogens (tertiary/aromatic N) is 1. The second kappa shape index (κ2) is 10.3. The number of hydrogen-bond donors (Lipinski definition) is 2. The zero-order valence-corrected chi connectivity index (χ0v) is 19.1. The van der Waals surface area contributed by atoms with Gasteiger partial charge in [-0.3, -0.25) is 14.1 Å². The molecule has 0 bridgehead atoms. The molecule has 1 aliphatic rings. The highest BCUT2D eigenvalue weighted by Crippen LogP contribution is 2.51. The average molecular weight is 443 g/mol. The molecule has 0 saturated carbocycles. The van der Waals surface area contributed by atoms with Gasteiger partial charge in [0.15, 0.2) is 0 Å². The van der Waals surface area contributed by atoms with E-state index >= 15 is 0 Å². The smallest absolute Gasteiger partial charge is 0.324 e. The van der Waals surface area contributed by atoms with Crippen LogP contribution in [-0.2, 0) is 24.8 Å². The predicted octanol–water partition coefficient (Wildman–Crippen LogP) is 4.92. The lowest BCUT2D eigenvalue weighted by atomic mass is 9.84. The molecule has 0 saturated heterocycles. The Morgan fingerprint density at radius 3 is 2.41 bits per heavy atom. The molecule has 1 aromatic rings. The quantitative estimate of drug-likeness (QED) is 0.494. The first-order chi connectivity index (χ1) is 13.5. The molecule has 9 heteroatoms. The third kappa shape index (κ3) is 7.29. The monoisotopic (exact) mass is 443 g/mol. The highest BCUT2D eigenvalue weighted by molar-refractivity contribution is 7.53. The van der Waals surface area contributed by atoms with Gasteiger partial charge < -0.3 is 18.8 Å². The molecule has 162 valence electrons. The Bertz CT molecular complexity index is 824. The standard InChI is InChI=1S/C20H31NO6P2/c1-15(2)28(22,23)26-13-18-7-8-20(16(3)10-18)11-17(4)29(24,25)27-14-19-6-5-9-21-12-19/h5-10,12,15-17,20H,11,13-14H2,1-4H3,(H,22,23)(H,24,25). The Morgan fingerprint density at radius 1 is 1.14 bits per heavy atom. The minimum Gasteiger partial charge on any atom is -0.324 e. The van der Waals surface area contributed by atoms with Crippen LogP contribution in [0.25, 0.3) is 0 Å². The van der Waals surface area contributed by atoms with E-state index in [4.69, 9.17) is 9.05 Å². The third-order valence-electron chi connectivity index (χ3n) is 5.09. The van der Waals surface area contributed by atoms with E-state index in [1.807, 2.05) is 25.2 Å². The molecule has 0 aliphatic heterocycles. The van der Waals surface area contributed by atoms with Crippen molar-refractivity contribution in [3.05, 3.63) is 53.9 Å². The number of rotatable bonds is 10. The van der Waals surface area contributed by atoms with Gasteiger partial charge in [0.25, 0.3) is 0 Å². The second-order valence-corrected chi connectivity index (χ2v) is 12.5. The molecule has 29 heavy (non-hydrogen) atoms. The van der Waals surface area contributed by atoms with Crippen molar-refractivity contribution in [3.63, 3.8) is 0 Å². The van der Waals surface area contributed by atoms with Crippen LogP contribution in [0, 0.1) is 11.8 Å². The number of hydrogen-bond acceptors (Lipinski definition) is 5. The van der Waals surface area contributed by atoms with Crippen molar-refractivity contribution in [3.8, 4) is 0 Å². The van der Waals surface area contributed by atoms with Crippen LogP contribution in [0.2, 0.25) is 0 Å². The number of pyridine rings is 1. The Morgan fingerprint density at radius 2 is 1.83 bits per heavy atom. The van der Waals surface area contributed by atoms with Crippen LogP contribution in [-0.4, -0.2) is 32.7 Å². The van der Waals surface area contributed by atoms with Crippen LogP contribution in [0.3, 0.4) is 0 Å². The summed E-state index contributed by atoms with van der Waals surface area (Å²) in [4.78, 5) is 24.1. The minimum absolute atomic E-state index is 0.0421. The summed E-state index contributed by atoms with van der Waals surface area (Å²) in [5.74, 6) is 0.179. The van der Waals surface area contributed by atoms with Crippen LogP contribution in [0.5, 0.6) is 0 Å². The van der Waals surface area contributed by atoms with Crippen LogP contribution in [0.15, 0.2) is 48.3 Å². The fourth-order valence-electron chi connectivity index (χ4n) is 2.95. The maximum absolute atomic E-state index is 12.6. The Labute approximate surface area is 172 Å². The summed E-state index contributed by atoms with van der Waals surface area (Å²) in [5, 5.41) is 0. The van der Waals surface area contributed by atoms with Gasteiger partial charge in [-0.15, -0.1) is 0 Å². The van der Waals surface area contributed by atoms with Crippen LogP contribution < -0.4 is 0 Å². The molecular formula is C20H31NO6P2. The molecule has 1 aliphatic carbocycles. The summed E-state index contributed by atoms with van der Waals surface area (Å²) >= 11 is 0. The van der Waals surface area contributed by atoms with E-state index in [2.05, 4.69) is 4.98 Å². The van der Waals surface area contributed by atoms with Gasteiger partial charge in [-0.1, -0.05) is 52.0 Å². The fourth-order valence-corrected chi connectivity index (χ4v) is 4.68. The molecule has 0 fully saturated rings. The maximum Gasteiger partial charge on any atom is 0.331 e. The summed E-state index contributed by atoms with van der Waals surface area (Å²) in [5.41, 5.74) is 0.597. The Kier molecular flexibility index (Phi) is 8.59. The first kappa shape index (κ1) is 24.2. The zero-order valence-electron chi connectivity index (χ0n) is 17.3. The lowest BCUT2D eigenvalue weighted by Gasteiger charge is -2.28. The molecule has 5 atom stereocenters. The maximum atomic E-state index is 12.6. The van der Waals surface area contributed by atoms with E-state index in [9.17, 15) is 18.9 Å². The molecule has 2 N–H and O–H groups in total. The van der Waals surface area contributed by atoms with Gasteiger partial charge in [0.1, 0.15) is 0 Å². The summed E-state index contributed by atoms with van der Waals surface area (Å²) in [6.45, 7) is 7.14. The first-order valence-electron chi connectivity index (χ1n) is 9.73. The van der Waals surface area contributed by atoms with Crippen LogP contribution >= 0.6 is 15.2 Å². The Hall–Kier alpha value is -1.07. The van der Waals surface area contributed by atoms with Crippen molar-refractivity contribution in [2.24, 2.45) is 11.8 Å².